The Bertz CT molecular complexity index is 603. The summed E-state index contributed by atoms with van der Waals surface area (Å²) in [6.45, 7) is 2.01. The molecule has 1 aliphatic heterocycles. The van der Waals surface area contributed by atoms with Gasteiger partial charge in [0, 0.05) is 17.5 Å². The molecule has 4 heteroatoms. The van der Waals surface area contributed by atoms with Gasteiger partial charge in [0.2, 0.25) is 5.91 Å². The van der Waals surface area contributed by atoms with E-state index in [1.807, 2.05) is 6.92 Å². The van der Waals surface area contributed by atoms with E-state index in [0.717, 1.165) is 37.7 Å². The normalized spacial score (nSPS) is 20.0. The average molecular weight is 289 g/mol. The minimum absolute atomic E-state index is 0.0558. The highest BCUT2D eigenvalue weighted by Crippen LogP contribution is 2.44. The van der Waals surface area contributed by atoms with Crippen LogP contribution in [0.25, 0.3) is 0 Å². The summed E-state index contributed by atoms with van der Waals surface area (Å²) in [4.78, 5) is 24.2. The molecule has 0 atom stereocenters. The number of amides is 1. The molecule has 1 fully saturated rings. The molecule has 21 heavy (non-hydrogen) atoms. The molecule has 1 saturated carbocycles. The maximum absolute atomic E-state index is 14.3. The SMILES string of the molecule is CCC1(C(=O)c2cc3c(cc2F)NC(=O)CC3)CCCC1. The predicted octanol–water partition coefficient (Wildman–Crippen LogP) is 3.86. The van der Waals surface area contributed by atoms with E-state index in [9.17, 15) is 14.0 Å². The third-order valence-corrected chi connectivity index (χ3v) is 5.05. The second kappa shape index (κ2) is 5.24. The van der Waals surface area contributed by atoms with Crippen LogP contribution in [0.5, 0.6) is 0 Å². The largest absolute Gasteiger partial charge is 0.326 e. The van der Waals surface area contributed by atoms with Gasteiger partial charge in [0.15, 0.2) is 5.78 Å². The summed E-state index contributed by atoms with van der Waals surface area (Å²) in [5.74, 6) is -0.665. The Labute approximate surface area is 123 Å². The molecule has 1 aromatic rings. The molecule has 1 aromatic carbocycles. The molecule has 0 radical (unpaired) electrons. The van der Waals surface area contributed by atoms with Crippen LogP contribution in [-0.2, 0) is 11.2 Å². The second-order valence-electron chi connectivity index (χ2n) is 6.21. The van der Waals surface area contributed by atoms with E-state index in [-0.39, 0.29) is 22.7 Å². The zero-order valence-corrected chi connectivity index (χ0v) is 12.3. The van der Waals surface area contributed by atoms with Crippen molar-refractivity contribution in [3.8, 4) is 0 Å². The van der Waals surface area contributed by atoms with Gasteiger partial charge in [-0.1, -0.05) is 19.8 Å². The number of carbonyl (C=O) groups excluding carboxylic acids is 2. The lowest BCUT2D eigenvalue weighted by atomic mass is 9.76. The van der Waals surface area contributed by atoms with Crippen LogP contribution in [0.3, 0.4) is 0 Å². The van der Waals surface area contributed by atoms with E-state index in [2.05, 4.69) is 5.32 Å². The molecule has 1 heterocycles. The number of aryl methyl sites for hydroxylation is 1. The summed E-state index contributed by atoms with van der Waals surface area (Å²) in [5, 5.41) is 2.67. The number of carbonyl (C=O) groups is 2. The number of nitrogens with one attached hydrogen (secondary N) is 1. The van der Waals surface area contributed by atoms with Crippen LogP contribution >= 0.6 is 0 Å². The Morgan fingerprint density at radius 1 is 1.29 bits per heavy atom. The van der Waals surface area contributed by atoms with E-state index < -0.39 is 5.82 Å². The standard InChI is InChI=1S/C17H20FNO2/c1-2-17(7-3-4-8-17)16(21)12-9-11-5-6-15(20)19-14(11)10-13(12)18/h9-10H,2-8H2,1H3,(H,19,20). The molecule has 3 nitrogen and oxygen atoms in total. The summed E-state index contributed by atoms with van der Waals surface area (Å²) in [7, 11) is 0. The number of ketones is 1. The zero-order chi connectivity index (χ0) is 15.0. The number of hydrogen-bond acceptors (Lipinski definition) is 2. The van der Waals surface area contributed by atoms with E-state index in [0.29, 0.717) is 18.5 Å². The van der Waals surface area contributed by atoms with Crippen LogP contribution in [-0.4, -0.2) is 11.7 Å². The van der Waals surface area contributed by atoms with E-state index in [1.165, 1.54) is 6.07 Å². The minimum Gasteiger partial charge on any atom is -0.326 e. The molecule has 0 unspecified atom stereocenters. The number of hydrogen-bond donors (Lipinski definition) is 1. The number of fused-ring (bicyclic) bond motifs is 1. The minimum atomic E-state index is -0.513. The van der Waals surface area contributed by atoms with Crippen LogP contribution in [0.2, 0.25) is 0 Å². The van der Waals surface area contributed by atoms with Gasteiger partial charge in [0.25, 0.3) is 0 Å². The molecule has 1 N–H and O–H groups in total. The van der Waals surface area contributed by atoms with Crippen molar-refractivity contribution in [2.75, 3.05) is 5.32 Å². The number of anilines is 1. The van der Waals surface area contributed by atoms with Crippen molar-refractivity contribution >= 4 is 17.4 Å². The van der Waals surface area contributed by atoms with Gasteiger partial charge in [0.1, 0.15) is 5.82 Å². The Morgan fingerprint density at radius 2 is 2.00 bits per heavy atom. The number of benzene rings is 1. The molecule has 0 spiro atoms. The summed E-state index contributed by atoms with van der Waals surface area (Å²) < 4.78 is 14.3. The maximum atomic E-state index is 14.3. The van der Waals surface area contributed by atoms with Gasteiger partial charge >= 0.3 is 0 Å². The van der Waals surface area contributed by atoms with Crippen molar-refractivity contribution in [1.82, 2.24) is 0 Å². The molecule has 112 valence electrons. The molecule has 1 aliphatic carbocycles. The average Bonchev–Trinajstić information content (AvgIpc) is 2.96. The lowest BCUT2D eigenvalue weighted by molar-refractivity contribution is -0.116. The van der Waals surface area contributed by atoms with Gasteiger partial charge in [-0.3, -0.25) is 9.59 Å². The Morgan fingerprint density at radius 3 is 2.67 bits per heavy atom. The third kappa shape index (κ3) is 2.37. The first kappa shape index (κ1) is 14.2. The predicted molar refractivity (Wildman–Crippen MR) is 78.9 cm³/mol. The Hall–Kier alpha value is -1.71. The monoisotopic (exact) mass is 289 g/mol. The highest BCUT2D eigenvalue weighted by atomic mass is 19.1. The summed E-state index contributed by atoms with van der Waals surface area (Å²) in [5.41, 5.74) is 1.20. The molecule has 3 rings (SSSR count). The van der Waals surface area contributed by atoms with Gasteiger partial charge in [-0.15, -0.1) is 0 Å². The van der Waals surface area contributed by atoms with Gasteiger partial charge in [-0.25, -0.2) is 4.39 Å². The first-order chi connectivity index (χ1) is 10.1. The lowest BCUT2D eigenvalue weighted by Crippen LogP contribution is -2.29. The maximum Gasteiger partial charge on any atom is 0.224 e. The van der Waals surface area contributed by atoms with Crippen molar-refractivity contribution in [3.05, 3.63) is 29.1 Å². The van der Waals surface area contributed by atoms with Crippen molar-refractivity contribution in [2.24, 2.45) is 5.41 Å². The third-order valence-electron chi connectivity index (χ3n) is 5.05. The topological polar surface area (TPSA) is 46.2 Å². The zero-order valence-electron chi connectivity index (χ0n) is 12.3. The molecular formula is C17H20FNO2. The summed E-state index contributed by atoms with van der Waals surface area (Å²) in [6.07, 6.45) is 5.53. The van der Waals surface area contributed by atoms with Gasteiger partial charge < -0.3 is 5.32 Å². The Kier molecular flexibility index (Phi) is 3.56. The fourth-order valence-electron chi connectivity index (χ4n) is 3.65. The highest BCUT2D eigenvalue weighted by molar-refractivity contribution is 6.02. The number of Topliss-reactive ketones (excluding diaryl/α,β-unsaturated/α-hetero) is 1. The molecular weight excluding hydrogens is 269 g/mol. The van der Waals surface area contributed by atoms with Crippen molar-refractivity contribution in [3.63, 3.8) is 0 Å². The van der Waals surface area contributed by atoms with Crippen LogP contribution in [0.1, 0.15) is 61.4 Å². The molecule has 0 bridgehead atoms. The highest BCUT2D eigenvalue weighted by Gasteiger charge is 2.40. The molecule has 0 saturated heterocycles. The molecule has 1 amide bonds. The van der Waals surface area contributed by atoms with Crippen LogP contribution in [0.15, 0.2) is 12.1 Å². The smallest absolute Gasteiger partial charge is 0.224 e. The van der Waals surface area contributed by atoms with Crippen molar-refractivity contribution in [1.29, 1.82) is 0 Å². The van der Waals surface area contributed by atoms with Crippen molar-refractivity contribution < 1.29 is 14.0 Å². The van der Waals surface area contributed by atoms with E-state index >= 15 is 0 Å². The van der Waals surface area contributed by atoms with Crippen LogP contribution < -0.4 is 5.32 Å². The Balaban J connectivity index is 1.99. The summed E-state index contributed by atoms with van der Waals surface area (Å²) in [6, 6.07) is 2.96. The molecule has 0 aromatic heterocycles. The number of halogens is 1. The van der Waals surface area contributed by atoms with Crippen molar-refractivity contribution in [2.45, 2.75) is 51.9 Å². The van der Waals surface area contributed by atoms with Crippen LogP contribution in [0.4, 0.5) is 10.1 Å². The summed E-state index contributed by atoms with van der Waals surface area (Å²) >= 11 is 0. The fourth-order valence-corrected chi connectivity index (χ4v) is 3.65. The van der Waals surface area contributed by atoms with E-state index in [4.69, 9.17) is 0 Å². The quantitative estimate of drug-likeness (QED) is 0.859. The number of rotatable bonds is 3. The van der Waals surface area contributed by atoms with Gasteiger partial charge in [0.05, 0.1) is 5.56 Å². The van der Waals surface area contributed by atoms with E-state index in [1.54, 1.807) is 6.07 Å². The first-order valence-corrected chi connectivity index (χ1v) is 7.73. The second-order valence-corrected chi connectivity index (χ2v) is 6.21. The van der Waals surface area contributed by atoms with Crippen LogP contribution in [0, 0.1) is 11.2 Å². The molecule has 2 aliphatic rings. The lowest BCUT2D eigenvalue weighted by Gasteiger charge is -2.27. The fraction of sp³-hybridized carbons (Fsp3) is 0.529. The van der Waals surface area contributed by atoms with Gasteiger partial charge in [-0.2, -0.15) is 0 Å². The van der Waals surface area contributed by atoms with Gasteiger partial charge in [-0.05, 0) is 43.4 Å². The first-order valence-electron chi connectivity index (χ1n) is 7.73.